The topological polar surface area (TPSA) is 72.2 Å². The van der Waals surface area contributed by atoms with E-state index in [9.17, 15) is 9.59 Å². The second-order valence-corrected chi connectivity index (χ2v) is 4.90. The fraction of sp³-hybridized carbons (Fsp3) is 0.727. The third kappa shape index (κ3) is 2.05. The summed E-state index contributed by atoms with van der Waals surface area (Å²) in [5.74, 6) is 0.348. The summed E-state index contributed by atoms with van der Waals surface area (Å²) in [5.41, 5.74) is -0.737. The summed E-state index contributed by atoms with van der Waals surface area (Å²) in [6.45, 7) is 5.60. The number of rotatable bonds is 1. The largest absolute Gasteiger partial charge is 0.346 e. The molecule has 7 heteroatoms. The van der Waals surface area contributed by atoms with Gasteiger partial charge in [0.15, 0.2) is 0 Å². The van der Waals surface area contributed by atoms with Crippen LogP contribution in [0.4, 0.5) is 5.82 Å². The monoisotopic (exact) mass is 253 g/mol. The highest BCUT2D eigenvalue weighted by molar-refractivity contribution is 5.37. The first-order valence-electron chi connectivity index (χ1n) is 6.06. The Morgan fingerprint density at radius 2 is 1.94 bits per heavy atom. The zero-order valence-electron chi connectivity index (χ0n) is 11.2. The predicted octanol–water partition coefficient (Wildman–Crippen LogP) is -1.33. The van der Waals surface area contributed by atoms with E-state index in [4.69, 9.17) is 0 Å². The Balaban J connectivity index is 2.51. The molecule has 1 N–H and O–H groups in total. The molecule has 18 heavy (non-hydrogen) atoms. The van der Waals surface area contributed by atoms with Crippen LogP contribution in [0.2, 0.25) is 0 Å². The van der Waals surface area contributed by atoms with Crippen LogP contribution in [0.15, 0.2) is 9.59 Å². The van der Waals surface area contributed by atoms with Crippen molar-refractivity contribution in [3.8, 4) is 0 Å². The average Bonchev–Trinajstić information content (AvgIpc) is 2.34. The normalized spacial score (nSPS) is 24.3. The molecule has 0 aromatic carbocycles. The number of hydrogen-bond donors (Lipinski definition) is 1. The minimum Gasteiger partial charge on any atom is -0.345 e. The lowest BCUT2D eigenvalue weighted by Crippen LogP contribution is -2.57. The van der Waals surface area contributed by atoms with Crippen molar-refractivity contribution in [3.63, 3.8) is 0 Å². The second kappa shape index (κ2) is 4.56. The summed E-state index contributed by atoms with van der Waals surface area (Å²) in [5, 5.41) is 7.46. The van der Waals surface area contributed by atoms with Gasteiger partial charge >= 0.3 is 5.69 Å². The Morgan fingerprint density at radius 3 is 2.61 bits per heavy atom. The Kier molecular flexibility index (Phi) is 3.25. The first kappa shape index (κ1) is 12.8. The molecule has 1 aromatic rings. The fourth-order valence-corrected chi connectivity index (χ4v) is 2.18. The van der Waals surface area contributed by atoms with E-state index in [1.165, 1.54) is 11.7 Å². The van der Waals surface area contributed by atoms with Gasteiger partial charge < -0.3 is 10.2 Å². The molecule has 1 aromatic heterocycles. The van der Waals surface area contributed by atoms with Crippen LogP contribution in [0, 0.1) is 0 Å². The summed E-state index contributed by atoms with van der Waals surface area (Å²) in [6, 6.07) is 0.476. The highest BCUT2D eigenvalue weighted by Crippen LogP contribution is 2.12. The number of aromatic nitrogens is 3. The molecule has 2 atom stereocenters. The maximum atomic E-state index is 12.1. The van der Waals surface area contributed by atoms with Crippen LogP contribution in [-0.4, -0.2) is 39.5 Å². The van der Waals surface area contributed by atoms with Crippen molar-refractivity contribution < 1.29 is 0 Å². The fourth-order valence-electron chi connectivity index (χ4n) is 2.18. The SMILES string of the molecule is CC1CN(c2nn(C)c(=O)n(C)c2=O)C(C)CN1. The predicted molar refractivity (Wildman–Crippen MR) is 69.0 cm³/mol. The van der Waals surface area contributed by atoms with Crippen LogP contribution in [0.1, 0.15) is 13.8 Å². The van der Waals surface area contributed by atoms with Crippen molar-refractivity contribution in [2.45, 2.75) is 25.9 Å². The van der Waals surface area contributed by atoms with Crippen molar-refractivity contribution in [3.05, 3.63) is 20.8 Å². The van der Waals surface area contributed by atoms with Gasteiger partial charge in [-0.2, -0.15) is 0 Å². The maximum absolute atomic E-state index is 12.1. The molecule has 7 nitrogen and oxygen atoms in total. The molecule has 0 saturated carbocycles. The smallest absolute Gasteiger partial charge is 0.345 e. The van der Waals surface area contributed by atoms with Crippen molar-refractivity contribution in [2.75, 3.05) is 18.0 Å². The molecule has 1 aliphatic heterocycles. The van der Waals surface area contributed by atoms with Gasteiger partial charge in [-0.1, -0.05) is 0 Å². The minimum atomic E-state index is -0.403. The summed E-state index contributed by atoms with van der Waals surface area (Å²) in [7, 11) is 3.04. The third-order valence-corrected chi connectivity index (χ3v) is 3.34. The molecule has 0 spiro atoms. The summed E-state index contributed by atoms with van der Waals surface area (Å²) < 4.78 is 2.30. The Labute approximate surface area is 105 Å². The molecule has 1 fully saturated rings. The van der Waals surface area contributed by atoms with E-state index >= 15 is 0 Å². The van der Waals surface area contributed by atoms with Gasteiger partial charge in [0.25, 0.3) is 5.56 Å². The number of piperazine rings is 1. The van der Waals surface area contributed by atoms with E-state index in [0.717, 1.165) is 11.1 Å². The van der Waals surface area contributed by atoms with E-state index in [1.54, 1.807) is 7.05 Å². The summed E-state index contributed by atoms with van der Waals surface area (Å²) >= 11 is 0. The maximum Gasteiger partial charge on any atom is 0.346 e. The van der Waals surface area contributed by atoms with E-state index in [1.807, 2.05) is 11.8 Å². The van der Waals surface area contributed by atoms with Crippen LogP contribution in [0.5, 0.6) is 0 Å². The first-order chi connectivity index (χ1) is 8.41. The highest BCUT2D eigenvalue weighted by atomic mass is 16.2. The standard InChI is InChI=1S/C11H19N5O2/c1-7-6-16(8(2)5-12-7)9-10(17)14(3)11(18)15(4)13-9/h7-8,12H,5-6H2,1-4H3. The van der Waals surface area contributed by atoms with E-state index in [2.05, 4.69) is 17.3 Å². The number of aryl methyl sites for hydroxylation is 1. The molecular weight excluding hydrogens is 234 g/mol. The van der Waals surface area contributed by atoms with Gasteiger partial charge in [0, 0.05) is 39.3 Å². The Morgan fingerprint density at radius 1 is 1.28 bits per heavy atom. The molecule has 2 heterocycles. The lowest BCUT2D eigenvalue weighted by molar-refractivity contribution is 0.415. The molecule has 0 aliphatic carbocycles. The van der Waals surface area contributed by atoms with Crippen LogP contribution in [0.25, 0.3) is 0 Å². The summed E-state index contributed by atoms with van der Waals surface area (Å²) in [6.07, 6.45) is 0. The van der Waals surface area contributed by atoms with Gasteiger partial charge in [0.05, 0.1) is 0 Å². The minimum absolute atomic E-state index is 0.180. The van der Waals surface area contributed by atoms with Crippen molar-refractivity contribution in [1.82, 2.24) is 19.7 Å². The quantitative estimate of drug-likeness (QED) is 0.671. The Bertz CT molecular complexity index is 562. The molecule has 1 saturated heterocycles. The van der Waals surface area contributed by atoms with Crippen LogP contribution in [0.3, 0.4) is 0 Å². The summed E-state index contributed by atoms with van der Waals surface area (Å²) in [4.78, 5) is 25.7. The number of hydrogen-bond acceptors (Lipinski definition) is 5. The molecule has 2 unspecified atom stereocenters. The molecule has 0 radical (unpaired) electrons. The second-order valence-electron chi connectivity index (χ2n) is 4.90. The Hall–Kier alpha value is -1.63. The average molecular weight is 253 g/mol. The lowest BCUT2D eigenvalue weighted by Gasteiger charge is -2.37. The number of nitrogens with one attached hydrogen (secondary N) is 1. The van der Waals surface area contributed by atoms with Crippen LogP contribution in [-0.2, 0) is 14.1 Å². The van der Waals surface area contributed by atoms with Crippen LogP contribution < -0.4 is 21.5 Å². The van der Waals surface area contributed by atoms with Gasteiger partial charge in [-0.15, -0.1) is 5.10 Å². The van der Waals surface area contributed by atoms with Crippen molar-refractivity contribution in [1.29, 1.82) is 0 Å². The van der Waals surface area contributed by atoms with Gasteiger partial charge in [0.2, 0.25) is 5.82 Å². The van der Waals surface area contributed by atoms with Crippen molar-refractivity contribution in [2.24, 2.45) is 14.1 Å². The van der Waals surface area contributed by atoms with E-state index in [-0.39, 0.29) is 11.6 Å². The van der Waals surface area contributed by atoms with E-state index < -0.39 is 5.69 Å². The molecule has 2 rings (SSSR count). The number of anilines is 1. The molecule has 0 bridgehead atoms. The molecule has 1 aliphatic rings. The van der Waals surface area contributed by atoms with Crippen LogP contribution >= 0.6 is 0 Å². The van der Waals surface area contributed by atoms with Crippen molar-refractivity contribution >= 4 is 5.82 Å². The molecule has 100 valence electrons. The zero-order chi connectivity index (χ0) is 13.4. The molecule has 0 amide bonds. The number of nitrogens with zero attached hydrogens (tertiary/aromatic N) is 4. The zero-order valence-corrected chi connectivity index (χ0v) is 11.2. The van der Waals surface area contributed by atoms with Gasteiger partial charge in [0.1, 0.15) is 0 Å². The van der Waals surface area contributed by atoms with Gasteiger partial charge in [-0.25, -0.2) is 9.48 Å². The molecular formula is C11H19N5O2. The third-order valence-electron chi connectivity index (χ3n) is 3.34. The van der Waals surface area contributed by atoms with Gasteiger partial charge in [-0.3, -0.25) is 9.36 Å². The van der Waals surface area contributed by atoms with E-state index in [0.29, 0.717) is 18.4 Å². The first-order valence-corrected chi connectivity index (χ1v) is 6.06. The lowest BCUT2D eigenvalue weighted by atomic mass is 10.1. The van der Waals surface area contributed by atoms with Gasteiger partial charge in [-0.05, 0) is 13.8 Å². The highest BCUT2D eigenvalue weighted by Gasteiger charge is 2.26.